The van der Waals surface area contributed by atoms with Crippen molar-refractivity contribution in [3.8, 4) is 11.9 Å². The largest absolute Gasteiger partial charge is 0.480 e. The van der Waals surface area contributed by atoms with E-state index in [9.17, 15) is 23.2 Å². The summed E-state index contributed by atoms with van der Waals surface area (Å²) in [5, 5.41) is 9.36. The van der Waals surface area contributed by atoms with Crippen LogP contribution in [0.2, 0.25) is 0 Å². The van der Waals surface area contributed by atoms with Crippen molar-refractivity contribution in [1.82, 2.24) is 9.97 Å². The molecule has 0 bridgehead atoms. The Balaban J connectivity index is 2.59. The molecule has 1 amide bonds. The Morgan fingerprint density at radius 2 is 1.79 bits per heavy atom. The monoisotopic (exact) mass is 394 g/mol. The molecule has 7 nitrogen and oxygen atoms in total. The van der Waals surface area contributed by atoms with Gasteiger partial charge in [0.25, 0.3) is 0 Å². The van der Waals surface area contributed by atoms with Crippen molar-refractivity contribution in [1.29, 1.82) is 5.26 Å². The maximum absolute atomic E-state index is 12.8. The molecule has 0 unspecified atom stereocenters. The molecule has 28 heavy (non-hydrogen) atoms. The molecular weight excluding hydrogens is 377 g/mol. The number of rotatable bonds is 3. The van der Waals surface area contributed by atoms with Crippen molar-refractivity contribution in [3.05, 3.63) is 41.7 Å². The van der Waals surface area contributed by atoms with E-state index in [-0.39, 0.29) is 23.1 Å². The summed E-state index contributed by atoms with van der Waals surface area (Å²) in [7, 11) is 1.33. The van der Waals surface area contributed by atoms with Crippen LogP contribution in [-0.2, 0) is 10.9 Å². The van der Waals surface area contributed by atoms with Gasteiger partial charge in [0.15, 0.2) is 11.5 Å². The second-order valence-corrected chi connectivity index (χ2v) is 6.56. The number of nitriles is 1. The average molecular weight is 394 g/mol. The number of alkyl halides is 3. The molecule has 0 radical (unpaired) electrons. The number of ether oxygens (including phenoxy) is 2. The minimum absolute atomic E-state index is 0.0261. The second-order valence-electron chi connectivity index (χ2n) is 6.56. The van der Waals surface area contributed by atoms with Crippen LogP contribution in [-0.4, -0.2) is 28.8 Å². The molecule has 0 spiro atoms. The summed E-state index contributed by atoms with van der Waals surface area (Å²) in [5.74, 6) is -0.158. The van der Waals surface area contributed by atoms with Gasteiger partial charge in [-0.15, -0.1) is 0 Å². The van der Waals surface area contributed by atoms with E-state index in [2.05, 4.69) is 9.97 Å². The highest BCUT2D eigenvalue weighted by molar-refractivity contribution is 5.96. The molecule has 1 heterocycles. The van der Waals surface area contributed by atoms with Crippen molar-refractivity contribution in [2.45, 2.75) is 32.5 Å². The van der Waals surface area contributed by atoms with E-state index < -0.39 is 23.4 Å². The predicted octanol–water partition coefficient (Wildman–Crippen LogP) is 4.45. The lowest BCUT2D eigenvalue weighted by Crippen LogP contribution is -2.35. The average Bonchev–Trinajstić information content (AvgIpc) is 2.60. The summed E-state index contributed by atoms with van der Waals surface area (Å²) in [4.78, 5) is 21.6. The highest BCUT2D eigenvalue weighted by atomic mass is 19.4. The quantitative estimate of drug-likeness (QED) is 0.764. The van der Waals surface area contributed by atoms with Gasteiger partial charge in [-0.25, -0.2) is 14.7 Å². The molecule has 0 saturated heterocycles. The van der Waals surface area contributed by atoms with Gasteiger partial charge in [-0.3, -0.25) is 0 Å². The molecule has 0 saturated carbocycles. The maximum Gasteiger partial charge on any atom is 0.420 e. The fourth-order valence-corrected chi connectivity index (χ4v) is 2.12. The van der Waals surface area contributed by atoms with E-state index >= 15 is 0 Å². The molecule has 0 fully saturated rings. The number of halogens is 3. The maximum atomic E-state index is 12.8. The van der Waals surface area contributed by atoms with Crippen molar-refractivity contribution in [2.24, 2.45) is 0 Å². The standard InChI is InChI=1S/C18H17F3N4O3/c1-17(2,3)28-16(26)25(12-7-5-11(6-8-12)18(19,20)21)15-13(9-22)24-14(27-4)10-23-15/h5-8,10H,1-4H3. The summed E-state index contributed by atoms with van der Waals surface area (Å²) < 4.78 is 48.8. The number of nitrogens with zero attached hydrogens (tertiary/aromatic N) is 4. The van der Waals surface area contributed by atoms with Crippen LogP contribution < -0.4 is 9.64 Å². The van der Waals surface area contributed by atoms with Crippen LogP contribution in [0.1, 0.15) is 32.0 Å². The van der Waals surface area contributed by atoms with Gasteiger partial charge in [-0.1, -0.05) is 0 Å². The molecule has 2 rings (SSSR count). The minimum Gasteiger partial charge on any atom is -0.480 e. The Bertz CT molecular complexity index is 900. The smallest absolute Gasteiger partial charge is 0.420 e. The van der Waals surface area contributed by atoms with Crippen molar-refractivity contribution < 1.29 is 27.4 Å². The first-order valence-corrected chi connectivity index (χ1v) is 7.98. The first kappa shape index (κ1) is 21.0. The highest BCUT2D eigenvalue weighted by Gasteiger charge is 2.32. The molecule has 1 aromatic heterocycles. The van der Waals surface area contributed by atoms with Crippen molar-refractivity contribution >= 4 is 17.6 Å². The molecule has 0 aliphatic rings. The van der Waals surface area contributed by atoms with E-state index in [1.165, 1.54) is 13.3 Å². The van der Waals surface area contributed by atoms with E-state index in [1.807, 2.05) is 0 Å². The summed E-state index contributed by atoms with van der Waals surface area (Å²) in [6, 6.07) is 5.59. The molecule has 2 aromatic rings. The number of hydrogen-bond acceptors (Lipinski definition) is 6. The number of hydrogen-bond donors (Lipinski definition) is 0. The number of amides is 1. The topological polar surface area (TPSA) is 88.3 Å². The Kier molecular flexibility index (Phi) is 5.78. The summed E-state index contributed by atoms with van der Waals surface area (Å²) in [6.45, 7) is 4.88. The SMILES string of the molecule is COc1cnc(N(C(=O)OC(C)(C)C)c2ccc(C(F)(F)F)cc2)c(C#N)n1. The van der Waals surface area contributed by atoms with Gasteiger partial charge in [0, 0.05) is 0 Å². The number of carbonyl (C=O) groups excluding carboxylic acids is 1. The third-order valence-electron chi connectivity index (χ3n) is 3.29. The Morgan fingerprint density at radius 3 is 2.25 bits per heavy atom. The van der Waals surface area contributed by atoms with Crippen LogP contribution >= 0.6 is 0 Å². The molecule has 148 valence electrons. The number of aromatic nitrogens is 2. The highest BCUT2D eigenvalue weighted by Crippen LogP contribution is 2.33. The van der Waals surface area contributed by atoms with E-state index in [0.717, 1.165) is 29.2 Å². The van der Waals surface area contributed by atoms with Crippen LogP contribution in [0.5, 0.6) is 5.88 Å². The Labute approximate surface area is 159 Å². The summed E-state index contributed by atoms with van der Waals surface area (Å²) in [6.07, 6.45) is -4.28. The zero-order valence-electron chi connectivity index (χ0n) is 15.5. The van der Waals surface area contributed by atoms with Crippen LogP contribution in [0.15, 0.2) is 30.5 Å². The minimum atomic E-state index is -4.53. The number of methoxy groups -OCH3 is 1. The molecular formula is C18H17F3N4O3. The predicted molar refractivity (Wildman–Crippen MR) is 93.1 cm³/mol. The molecule has 0 aliphatic carbocycles. The fourth-order valence-electron chi connectivity index (χ4n) is 2.12. The zero-order valence-corrected chi connectivity index (χ0v) is 15.5. The molecule has 0 N–H and O–H groups in total. The lowest BCUT2D eigenvalue weighted by molar-refractivity contribution is -0.137. The molecule has 1 aromatic carbocycles. The van der Waals surface area contributed by atoms with Gasteiger partial charge in [-0.05, 0) is 45.0 Å². The molecule has 10 heteroatoms. The first-order valence-electron chi connectivity index (χ1n) is 7.98. The second kappa shape index (κ2) is 7.72. The number of anilines is 2. The Hall–Kier alpha value is -3.35. The third-order valence-corrected chi connectivity index (χ3v) is 3.29. The number of carbonyl (C=O) groups is 1. The van der Waals surface area contributed by atoms with Crippen molar-refractivity contribution in [3.63, 3.8) is 0 Å². The van der Waals surface area contributed by atoms with E-state index in [1.54, 1.807) is 26.8 Å². The van der Waals surface area contributed by atoms with Gasteiger partial charge in [0.2, 0.25) is 5.88 Å². The van der Waals surface area contributed by atoms with Gasteiger partial charge in [0.1, 0.15) is 11.7 Å². The van der Waals surface area contributed by atoms with E-state index in [4.69, 9.17) is 9.47 Å². The summed E-state index contributed by atoms with van der Waals surface area (Å²) >= 11 is 0. The lowest BCUT2D eigenvalue weighted by atomic mass is 10.2. The van der Waals surface area contributed by atoms with Crippen LogP contribution in [0, 0.1) is 11.3 Å². The first-order chi connectivity index (χ1) is 13.0. The van der Waals surface area contributed by atoms with Crippen LogP contribution in [0.25, 0.3) is 0 Å². The fraction of sp³-hybridized carbons (Fsp3) is 0.333. The normalized spacial score (nSPS) is 11.5. The van der Waals surface area contributed by atoms with Crippen LogP contribution in [0.3, 0.4) is 0 Å². The summed E-state index contributed by atoms with van der Waals surface area (Å²) in [5.41, 5.74) is -2.02. The number of benzene rings is 1. The van der Waals surface area contributed by atoms with Crippen molar-refractivity contribution in [2.75, 3.05) is 12.0 Å². The molecule has 0 aliphatic heterocycles. The van der Waals surface area contributed by atoms with Gasteiger partial charge in [-0.2, -0.15) is 23.4 Å². The van der Waals surface area contributed by atoms with Crippen LogP contribution in [0.4, 0.5) is 29.5 Å². The van der Waals surface area contributed by atoms with Gasteiger partial charge >= 0.3 is 12.3 Å². The van der Waals surface area contributed by atoms with Gasteiger partial charge in [0.05, 0.1) is 24.6 Å². The third kappa shape index (κ3) is 4.88. The van der Waals surface area contributed by atoms with Gasteiger partial charge < -0.3 is 9.47 Å². The Morgan fingerprint density at radius 1 is 1.18 bits per heavy atom. The zero-order chi connectivity index (χ0) is 21.1. The van der Waals surface area contributed by atoms with E-state index in [0.29, 0.717) is 0 Å². The molecule has 0 atom stereocenters. The lowest BCUT2D eigenvalue weighted by Gasteiger charge is -2.27.